The molecule has 1 saturated heterocycles. The lowest BCUT2D eigenvalue weighted by Crippen LogP contribution is -2.38. The molecule has 1 atom stereocenters. The second kappa shape index (κ2) is 6.24. The molecular weight excluding hydrogens is 286 g/mol. The third-order valence-corrected chi connectivity index (χ3v) is 5.47. The van der Waals surface area contributed by atoms with E-state index in [1.54, 1.807) is 15.2 Å². The van der Waals surface area contributed by atoms with Crippen LogP contribution < -0.4 is 0 Å². The molecule has 0 aliphatic carbocycles. The van der Waals surface area contributed by atoms with Crippen LogP contribution in [0.2, 0.25) is 0 Å². The zero-order valence-corrected chi connectivity index (χ0v) is 12.7. The summed E-state index contributed by atoms with van der Waals surface area (Å²) in [4.78, 5) is 0.288. The zero-order valence-electron chi connectivity index (χ0n) is 11.1. The molecule has 0 saturated carbocycles. The molecule has 0 N–H and O–H groups in total. The van der Waals surface area contributed by atoms with Crippen molar-refractivity contribution in [3.05, 3.63) is 12.4 Å². The average molecular weight is 306 g/mol. The Morgan fingerprint density at radius 2 is 2.32 bits per heavy atom. The fraction of sp³-hybridized carbons (Fsp3) is 0.750. The second-order valence-electron chi connectivity index (χ2n) is 5.09. The fourth-order valence-corrected chi connectivity index (χ4v) is 4.01. The summed E-state index contributed by atoms with van der Waals surface area (Å²) in [6, 6.07) is 0. The Morgan fingerprint density at radius 3 is 3.00 bits per heavy atom. The van der Waals surface area contributed by atoms with Crippen LogP contribution in [0.1, 0.15) is 26.2 Å². The molecule has 1 fully saturated rings. The standard InChI is InChI=1S/C12H20ClN3O2S/c1-11-4-2-7-16(9-11)19(17,18)12-8-14-15(10-12)6-3-5-13/h8,10-11H,2-7,9H2,1H3. The van der Waals surface area contributed by atoms with Gasteiger partial charge >= 0.3 is 0 Å². The van der Waals surface area contributed by atoms with E-state index in [0.29, 0.717) is 31.4 Å². The van der Waals surface area contributed by atoms with E-state index in [9.17, 15) is 8.42 Å². The van der Waals surface area contributed by atoms with E-state index in [2.05, 4.69) is 12.0 Å². The van der Waals surface area contributed by atoms with Gasteiger partial charge in [0, 0.05) is 31.7 Å². The van der Waals surface area contributed by atoms with Crippen molar-refractivity contribution in [1.82, 2.24) is 14.1 Å². The van der Waals surface area contributed by atoms with E-state index in [4.69, 9.17) is 11.6 Å². The predicted octanol–water partition coefficient (Wildman–Crippen LogP) is 1.93. The first-order chi connectivity index (χ1) is 9.04. The van der Waals surface area contributed by atoms with Gasteiger partial charge in [-0.25, -0.2) is 8.42 Å². The van der Waals surface area contributed by atoms with Crippen molar-refractivity contribution in [3.63, 3.8) is 0 Å². The van der Waals surface area contributed by atoms with Gasteiger partial charge in [0.2, 0.25) is 10.0 Å². The van der Waals surface area contributed by atoms with E-state index in [0.717, 1.165) is 19.3 Å². The molecule has 1 aliphatic rings. The molecule has 0 radical (unpaired) electrons. The highest BCUT2D eigenvalue weighted by Crippen LogP contribution is 2.23. The highest BCUT2D eigenvalue weighted by atomic mass is 35.5. The largest absolute Gasteiger partial charge is 0.271 e. The minimum Gasteiger partial charge on any atom is -0.271 e. The number of hydrogen-bond donors (Lipinski definition) is 0. The molecule has 1 unspecified atom stereocenters. The summed E-state index contributed by atoms with van der Waals surface area (Å²) in [6.45, 7) is 3.95. The molecule has 5 nitrogen and oxygen atoms in total. The normalized spacial score (nSPS) is 21.7. The summed E-state index contributed by atoms with van der Waals surface area (Å²) in [5.41, 5.74) is 0. The van der Waals surface area contributed by atoms with Gasteiger partial charge < -0.3 is 0 Å². The molecule has 0 aromatic carbocycles. The molecule has 2 heterocycles. The fourth-order valence-electron chi connectivity index (χ4n) is 2.34. The Balaban J connectivity index is 2.12. The van der Waals surface area contributed by atoms with Gasteiger partial charge in [0.15, 0.2) is 0 Å². The SMILES string of the molecule is CC1CCCN(S(=O)(=O)c2cnn(CCCCl)c2)C1. The molecule has 0 spiro atoms. The highest BCUT2D eigenvalue weighted by molar-refractivity contribution is 7.89. The average Bonchev–Trinajstić information content (AvgIpc) is 2.86. The summed E-state index contributed by atoms with van der Waals surface area (Å²) in [5.74, 6) is 0.973. The number of alkyl halides is 1. The molecule has 1 aliphatic heterocycles. The Labute approximate surface area is 119 Å². The Hall–Kier alpha value is -0.590. The van der Waals surface area contributed by atoms with Crippen molar-refractivity contribution in [2.45, 2.75) is 37.6 Å². The first-order valence-electron chi connectivity index (χ1n) is 6.62. The summed E-state index contributed by atoms with van der Waals surface area (Å²) < 4.78 is 28.1. The van der Waals surface area contributed by atoms with Crippen molar-refractivity contribution in [2.75, 3.05) is 19.0 Å². The Kier molecular flexibility index (Phi) is 4.86. The number of hydrogen-bond acceptors (Lipinski definition) is 3. The van der Waals surface area contributed by atoms with Crippen LogP contribution in [-0.4, -0.2) is 41.5 Å². The van der Waals surface area contributed by atoms with E-state index >= 15 is 0 Å². The highest BCUT2D eigenvalue weighted by Gasteiger charge is 2.29. The van der Waals surface area contributed by atoms with E-state index in [1.807, 2.05) is 0 Å². The first kappa shape index (κ1) is 14.8. The lowest BCUT2D eigenvalue weighted by atomic mass is 10.0. The molecule has 1 aromatic heterocycles. The molecule has 0 bridgehead atoms. The summed E-state index contributed by atoms with van der Waals surface area (Å²) in [5, 5.41) is 4.09. The molecule has 108 valence electrons. The lowest BCUT2D eigenvalue weighted by molar-refractivity contribution is 0.281. The van der Waals surface area contributed by atoms with Gasteiger partial charge in [0.05, 0.1) is 6.20 Å². The minimum atomic E-state index is -3.38. The van der Waals surface area contributed by atoms with E-state index in [-0.39, 0.29) is 4.90 Å². The van der Waals surface area contributed by atoms with Gasteiger partial charge in [-0.3, -0.25) is 4.68 Å². The van der Waals surface area contributed by atoms with Gasteiger partial charge in [-0.15, -0.1) is 11.6 Å². The van der Waals surface area contributed by atoms with Gasteiger partial charge in [0.1, 0.15) is 4.90 Å². The topological polar surface area (TPSA) is 55.2 Å². The van der Waals surface area contributed by atoms with Crippen molar-refractivity contribution >= 4 is 21.6 Å². The summed E-state index contributed by atoms with van der Waals surface area (Å²) >= 11 is 5.62. The monoisotopic (exact) mass is 305 g/mol. The van der Waals surface area contributed by atoms with Crippen molar-refractivity contribution in [1.29, 1.82) is 0 Å². The van der Waals surface area contributed by atoms with Gasteiger partial charge in [0.25, 0.3) is 0 Å². The smallest absolute Gasteiger partial charge is 0.246 e. The third kappa shape index (κ3) is 3.49. The maximum absolute atomic E-state index is 12.5. The zero-order chi connectivity index (χ0) is 13.9. The van der Waals surface area contributed by atoms with Crippen LogP contribution in [0.4, 0.5) is 0 Å². The quantitative estimate of drug-likeness (QED) is 0.781. The Morgan fingerprint density at radius 1 is 1.53 bits per heavy atom. The van der Waals surface area contributed by atoms with E-state index in [1.165, 1.54) is 6.20 Å². The molecule has 2 rings (SSSR count). The molecule has 1 aromatic rings. The lowest BCUT2D eigenvalue weighted by Gasteiger charge is -2.29. The van der Waals surface area contributed by atoms with Crippen LogP contribution in [-0.2, 0) is 16.6 Å². The number of aryl methyl sites for hydroxylation is 1. The van der Waals surface area contributed by atoms with Crippen LogP contribution in [0.5, 0.6) is 0 Å². The van der Waals surface area contributed by atoms with Crippen molar-refractivity contribution in [2.24, 2.45) is 5.92 Å². The number of rotatable bonds is 5. The van der Waals surface area contributed by atoms with Crippen molar-refractivity contribution < 1.29 is 8.42 Å². The molecule has 0 amide bonds. The van der Waals surface area contributed by atoms with Crippen molar-refractivity contribution in [3.8, 4) is 0 Å². The van der Waals surface area contributed by atoms with Crippen LogP contribution in [0, 0.1) is 5.92 Å². The van der Waals surface area contributed by atoms with Crippen LogP contribution in [0.15, 0.2) is 17.3 Å². The maximum Gasteiger partial charge on any atom is 0.246 e. The number of sulfonamides is 1. The van der Waals surface area contributed by atoms with Gasteiger partial charge in [-0.05, 0) is 25.2 Å². The third-order valence-electron chi connectivity index (χ3n) is 3.39. The van der Waals surface area contributed by atoms with Crippen LogP contribution in [0.25, 0.3) is 0 Å². The minimum absolute atomic E-state index is 0.288. The van der Waals surface area contributed by atoms with Gasteiger partial charge in [-0.1, -0.05) is 6.92 Å². The van der Waals surface area contributed by atoms with E-state index < -0.39 is 10.0 Å². The molecule has 7 heteroatoms. The number of nitrogens with zero attached hydrogens (tertiary/aromatic N) is 3. The van der Waals surface area contributed by atoms with Crippen LogP contribution >= 0.6 is 11.6 Å². The summed E-state index contributed by atoms with van der Waals surface area (Å²) in [7, 11) is -3.38. The second-order valence-corrected chi connectivity index (χ2v) is 7.41. The number of halogens is 1. The van der Waals surface area contributed by atoms with Crippen LogP contribution in [0.3, 0.4) is 0 Å². The summed E-state index contributed by atoms with van der Waals surface area (Å²) in [6.07, 6.45) is 5.84. The van der Waals surface area contributed by atoms with Gasteiger partial charge in [-0.2, -0.15) is 9.40 Å². The molecule has 19 heavy (non-hydrogen) atoms. The number of piperidine rings is 1. The first-order valence-corrected chi connectivity index (χ1v) is 8.60. The molecular formula is C12H20ClN3O2S. The predicted molar refractivity (Wildman–Crippen MR) is 74.7 cm³/mol. The number of aromatic nitrogens is 2. The maximum atomic E-state index is 12.5. The Bertz CT molecular complexity index is 515.